The Hall–Kier alpha value is -0.710. The normalized spacial score (nSPS) is 27.4. The summed E-state index contributed by atoms with van der Waals surface area (Å²) >= 11 is 1.97. The Balaban J connectivity index is 2.18. The van der Waals surface area contributed by atoms with Crippen molar-refractivity contribution in [1.82, 2.24) is 9.78 Å². The number of hydrogen-bond acceptors (Lipinski definition) is 6. The van der Waals surface area contributed by atoms with Crippen LogP contribution in [0.4, 0.5) is 0 Å². The second-order valence-corrected chi connectivity index (χ2v) is 5.07. The van der Waals surface area contributed by atoms with E-state index in [0.29, 0.717) is 9.99 Å². The zero-order valence-corrected chi connectivity index (χ0v) is 11.8. The Bertz CT molecular complexity index is 449. The number of aliphatic hydroxyl groups is 2. The number of carbonyl (C=O) groups excluding carboxylic acids is 1. The van der Waals surface area contributed by atoms with Crippen LogP contribution in [0.3, 0.4) is 0 Å². The molecule has 0 bridgehead atoms. The van der Waals surface area contributed by atoms with Crippen LogP contribution in [-0.2, 0) is 9.47 Å². The number of carbonyl (C=O) groups is 1. The van der Waals surface area contributed by atoms with Crippen LogP contribution in [0.1, 0.15) is 23.1 Å². The summed E-state index contributed by atoms with van der Waals surface area (Å²) in [5.41, 5.74) is 0.212. The zero-order chi connectivity index (χ0) is 13.3. The molecule has 2 heterocycles. The van der Waals surface area contributed by atoms with Crippen molar-refractivity contribution in [2.24, 2.45) is 0 Å². The van der Waals surface area contributed by atoms with Gasteiger partial charge < -0.3 is 19.7 Å². The number of methoxy groups -OCH3 is 1. The molecule has 1 aliphatic heterocycles. The summed E-state index contributed by atoms with van der Waals surface area (Å²) in [5, 5.41) is 22.7. The minimum absolute atomic E-state index is 0.212. The van der Waals surface area contributed by atoms with Gasteiger partial charge in [-0.2, -0.15) is 5.10 Å². The highest BCUT2D eigenvalue weighted by molar-refractivity contribution is 14.1. The number of rotatable bonds is 3. The van der Waals surface area contributed by atoms with Crippen LogP contribution in [0.15, 0.2) is 6.20 Å². The Morgan fingerprint density at radius 3 is 3.06 bits per heavy atom. The van der Waals surface area contributed by atoms with Crippen LogP contribution in [-0.4, -0.2) is 51.9 Å². The molecule has 1 aliphatic rings. The molecule has 1 aromatic rings. The molecule has 0 saturated carbocycles. The van der Waals surface area contributed by atoms with Crippen molar-refractivity contribution >= 4 is 28.6 Å². The van der Waals surface area contributed by atoms with E-state index in [1.165, 1.54) is 11.8 Å². The first-order chi connectivity index (χ1) is 8.56. The van der Waals surface area contributed by atoms with Gasteiger partial charge in [0.05, 0.1) is 23.4 Å². The van der Waals surface area contributed by atoms with Gasteiger partial charge in [-0.3, -0.25) is 0 Å². The highest BCUT2D eigenvalue weighted by Gasteiger charge is 2.35. The van der Waals surface area contributed by atoms with Gasteiger partial charge in [-0.05, 0) is 22.6 Å². The van der Waals surface area contributed by atoms with Crippen molar-refractivity contribution in [3.05, 3.63) is 15.5 Å². The number of esters is 1. The van der Waals surface area contributed by atoms with Crippen LogP contribution < -0.4 is 0 Å². The number of aromatic nitrogens is 2. The third-order valence-corrected chi connectivity index (χ3v) is 3.53. The fourth-order valence-corrected chi connectivity index (χ4v) is 2.41. The van der Waals surface area contributed by atoms with E-state index < -0.39 is 24.4 Å². The second-order valence-electron chi connectivity index (χ2n) is 3.91. The number of aliphatic hydroxyl groups excluding tert-OH is 2. The van der Waals surface area contributed by atoms with Crippen molar-refractivity contribution < 1.29 is 24.5 Å². The van der Waals surface area contributed by atoms with Crippen LogP contribution in [0, 0.1) is 3.57 Å². The molecule has 1 fully saturated rings. The highest BCUT2D eigenvalue weighted by Crippen LogP contribution is 2.29. The van der Waals surface area contributed by atoms with E-state index in [9.17, 15) is 9.90 Å². The third kappa shape index (κ3) is 2.51. The van der Waals surface area contributed by atoms with E-state index in [2.05, 4.69) is 9.84 Å². The first-order valence-corrected chi connectivity index (χ1v) is 6.42. The first-order valence-electron chi connectivity index (χ1n) is 5.34. The topological polar surface area (TPSA) is 93.8 Å². The Morgan fingerprint density at radius 1 is 1.78 bits per heavy atom. The largest absolute Gasteiger partial charge is 0.464 e. The van der Waals surface area contributed by atoms with E-state index in [4.69, 9.17) is 9.84 Å². The molecule has 3 atom stereocenters. The van der Waals surface area contributed by atoms with Crippen LogP contribution in [0.2, 0.25) is 0 Å². The van der Waals surface area contributed by atoms with E-state index in [-0.39, 0.29) is 12.3 Å². The summed E-state index contributed by atoms with van der Waals surface area (Å²) < 4.78 is 12.2. The summed E-state index contributed by atoms with van der Waals surface area (Å²) in [5.74, 6) is -0.518. The molecular weight excluding hydrogens is 355 g/mol. The lowest BCUT2D eigenvalue weighted by Crippen LogP contribution is -2.24. The monoisotopic (exact) mass is 368 g/mol. The van der Waals surface area contributed by atoms with Gasteiger partial charge in [0.1, 0.15) is 6.10 Å². The average molecular weight is 368 g/mol. The maximum atomic E-state index is 11.4. The molecule has 7 nitrogen and oxygen atoms in total. The predicted octanol–water partition coefficient (Wildman–Crippen LogP) is -0.0850. The molecule has 2 N–H and O–H groups in total. The van der Waals surface area contributed by atoms with Gasteiger partial charge >= 0.3 is 5.97 Å². The van der Waals surface area contributed by atoms with Crippen molar-refractivity contribution in [1.29, 1.82) is 0 Å². The van der Waals surface area contributed by atoms with Gasteiger partial charge in [0.25, 0.3) is 0 Å². The van der Waals surface area contributed by atoms with E-state index >= 15 is 0 Å². The lowest BCUT2D eigenvalue weighted by molar-refractivity contribution is -0.0485. The van der Waals surface area contributed by atoms with Crippen LogP contribution >= 0.6 is 22.6 Å². The zero-order valence-electron chi connectivity index (χ0n) is 9.62. The van der Waals surface area contributed by atoms with Gasteiger partial charge in [-0.15, -0.1) is 0 Å². The predicted molar refractivity (Wildman–Crippen MR) is 67.9 cm³/mol. The van der Waals surface area contributed by atoms with Crippen molar-refractivity contribution in [2.45, 2.75) is 24.9 Å². The SMILES string of the molecule is COC(=O)c1nn([C@H]2C[C@H](O)[C@@H](CO)O2)cc1I. The van der Waals surface area contributed by atoms with Gasteiger partial charge in [-0.1, -0.05) is 0 Å². The molecule has 100 valence electrons. The Kier molecular flexibility index (Phi) is 4.20. The van der Waals surface area contributed by atoms with Crippen molar-refractivity contribution in [3.8, 4) is 0 Å². The molecule has 2 rings (SSSR count). The summed E-state index contributed by atoms with van der Waals surface area (Å²) in [6.45, 7) is -0.250. The molecule has 0 spiro atoms. The second kappa shape index (κ2) is 5.51. The number of hydrogen-bond donors (Lipinski definition) is 2. The molecule has 1 aromatic heterocycles. The highest BCUT2D eigenvalue weighted by atomic mass is 127. The molecule has 0 aliphatic carbocycles. The van der Waals surface area contributed by atoms with E-state index in [1.54, 1.807) is 6.20 Å². The van der Waals surface area contributed by atoms with Crippen LogP contribution in [0.5, 0.6) is 0 Å². The summed E-state index contributed by atoms with van der Waals surface area (Å²) in [6, 6.07) is 0. The first kappa shape index (κ1) is 13.7. The van der Waals surface area contributed by atoms with Crippen LogP contribution in [0.25, 0.3) is 0 Å². The molecular formula is C10H13IN2O5. The lowest BCUT2D eigenvalue weighted by Gasteiger charge is -2.11. The average Bonchev–Trinajstić information content (AvgIpc) is 2.91. The number of halogens is 1. The van der Waals surface area contributed by atoms with Gasteiger partial charge in [0.15, 0.2) is 11.9 Å². The molecule has 18 heavy (non-hydrogen) atoms. The minimum Gasteiger partial charge on any atom is -0.464 e. The quantitative estimate of drug-likeness (QED) is 0.573. The standard InChI is InChI=1S/C10H13IN2O5/c1-17-10(16)9-5(11)3-13(12-9)8-2-6(15)7(4-14)18-8/h3,6-8,14-15H,2,4H2,1H3/t6-,7+,8+/m0/s1. The fourth-order valence-electron chi connectivity index (χ4n) is 1.79. The third-order valence-electron chi connectivity index (χ3n) is 2.75. The molecule has 0 radical (unpaired) electrons. The number of nitrogens with zero attached hydrogens (tertiary/aromatic N) is 2. The minimum atomic E-state index is -0.733. The van der Waals surface area contributed by atoms with Gasteiger partial charge in [0, 0.05) is 12.6 Å². The Morgan fingerprint density at radius 2 is 2.50 bits per heavy atom. The van der Waals surface area contributed by atoms with Crippen molar-refractivity contribution in [2.75, 3.05) is 13.7 Å². The van der Waals surface area contributed by atoms with Crippen molar-refractivity contribution in [3.63, 3.8) is 0 Å². The fraction of sp³-hybridized carbons (Fsp3) is 0.600. The maximum Gasteiger partial charge on any atom is 0.359 e. The lowest BCUT2D eigenvalue weighted by atomic mass is 10.2. The summed E-state index contributed by atoms with van der Waals surface area (Å²) in [6.07, 6.45) is 0.138. The molecule has 0 unspecified atom stereocenters. The maximum absolute atomic E-state index is 11.4. The molecule has 0 amide bonds. The van der Waals surface area contributed by atoms with E-state index in [0.717, 1.165) is 0 Å². The Labute approximate surface area is 117 Å². The number of ether oxygens (including phenoxy) is 2. The molecule has 0 aromatic carbocycles. The molecule has 1 saturated heterocycles. The van der Waals surface area contributed by atoms with E-state index in [1.807, 2.05) is 22.6 Å². The summed E-state index contributed by atoms with van der Waals surface area (Å²) in [4.78, 5) is 11.4. The summed E-state index contributed by atoms with van der Waals surface area (Å²) in [7, 11) is 1.29. The smallest absolute Gasteiger partial charge is 0.359 e. The van der Waals surface area contributed by atoms with Gasteiger partial charge in [0.2, 0.25) is 0 Å². The molecule has 8 heteroatoms. The van der Waals surface area contributed by atoms with Gasteiger partial charge in [-0.25, -0.2) is 9.48 Å².